The van der Waals surface area contributed by atoms with Crippen molar-refractivity contribution in [2.45, 2.75) is 26.2 Å². The van der Waals surface area contributed by atoms with E-state index < -0.39 is 0 Å². The van der Waals surface area contributed by atoms with Crippen LogP contribution in [-0.4, -0.2) is 36.3 Å². The molecule has 1 fully saturated rings. The third-order valence-corrected chi connectivity index (χ3v) is 2.09. The van der Waals surface area contributed by atoms with Crippen molar-refractivity contribution in [1.29, 1.82) is 0 Å². The molecule has 0 unspecified atom stereocenters. The van der Waals surface area contributed by atoms with Crippen molar-refractivity contribution in [1.82, 2.24) is 10.2 Å². The summed E-state index contributed by atoms with van der Waals surface area (Å²) in [4.78, 5) is 23.8. The molecule has 0 radical (unpaired) electrons. The molecule has 0 aromatic rings. The average Bonchev–Trinajstić information content (AvgIpc) is 2.03. The number of amides is 2. The van der Waals surface area contributed by atoms with Gasteiger partial charge in [0, 0.05) is 0 Å². The van der Waals surface area contributed by atoms with Gasteiger partial charge in [0.05, 0.1) is 13.1 Å². The van der Waals surface area contributed by atoms with Crippen LogP contribution in [0.5, 0.6) is 0 Å². The number of hydrogen-bond acceptors (Lipinski definition) is 3. The van der Waals surface area contributed by atoms with E-state index in [9.17, 15) is 9.59 Å². The maximum Gasteiger partial charge on any atom is 0.240 e. The quantitative estimate of drug-likeness (QED) is 0.499. The lowest BCUT2D eigenvalue weighted by molar-refractivity contribution is -0.136. The van der Waals surface area contributed by atoms with E-state index >= 15 is 0 Å². The second-order valence-corrected chi connectivity index (χ2v) is 3.39. The molecule has 2 amide bonds. The molecule has 13 heavy (non-hydrogen) atoms. The smallest absolute Gasteiger partial charge is 0.240 e. The van der Waals surface area contributed by atoms with Crippen LogP contribution in [0.25, 0.3) is 0 Å². The summed E-state index contributed by atoms with van der Waals surface area (Å²) in [6.45, 7) is 3.73. The molecule has 0 spiro atoms. The Balaban J connectivity index is 2.25. The minimum absolute atomic E-state index is 0.173. The van der Waals surface area contributed by atoms with Gasteiger partial charge in [-0.3, -0.25) is 19.8 Å². The number of hydrogen-bond donors (Lipinski definition) is 1. The van der Waals surface area contributed by atoms with Crippen LogP contribution in [0, 0.1) is 0 Å². The summed E-state index contributed by atoms with van der Waals surface area (Å²) in [5, 5.41) is 2.28. The highest BCUT2D eigenvalue weighted by Crippen LogP contribution is 2.00. The lowest BCUT2D eigenvalue weighted by Crippen LogP contribution is -2.51. The van der Waals surface area contributed by atoms with Crippen molar-refractivity contribution in [2.24, 2.45) is 0 Å². The van der Waals surface area contributed by atoms with Gasteiger partial charge in [0.25, 0.3) is 0 Å². The minimum Gasteiger partial charge on any atom is -0.294 e. The lowest BCUT2D eigenvalue weighted by Gasteiger charge is -2.24. The van der Waals surface area contributed by atoms with Crippen LogP contribution < -0.4 is 5.32 Å². The van der Waals surface area contributed by atoms with Crippen LogP contribution in [0.15, 0.2) is 0 Å². The lowest BCUT2D eigenvalue weighted by atomic mass is 10.2. The largest absolute Gasteiger partial charge is 0.294 e. The van der Waals surface area contributed by atoms with Gasteiger partial charge >= 0.3 is 0 Å². The van der Waals surface area contributed by atoms with E-state index in [0.717, 1.165) is 25.8 Å². The number of carbonyl (C=O) groups is 2. The third kappa shape index (κ3) is 3.55. The Morgan fingerprint density at radius 2 is 1.85 bits per heavy atom. The number of nitrogens with zero attached hydrogens (tertiary/aromatic N) is 1. The Morgan fingerprint density at radius 3 is 2.38 bits per heavy atom. The molecule has 1 aliphatic heterocycles. The Morgan fingerprint density at radius 1 is 1.23 bits per heavy atom. The maximum atomic E-state index is 10.9. The van der Waals surface area contributed by atoms with Crippen LogP contribution in [0.1, 0.15) is 26.2 Å². The van der Waals surface area contributed by atoms with Gasteiger partial charge in [-0.15, -0.1) is 0 Å². The molecule has 1 N–H and O–H groups in total. The Hall–Kier alpha value is -0.900. The normalized spacial score (nSPS) is 18.8. The van der Waals surface area contributed by atoms with E-state index in [1.165, 1.54) is 0 Å². The first kappa shape index (κ1) is 10.2. The van der Waals surface area contributed by atoms with Gasteiger partial charge in [-0.25, -0.2) is 0 Å². The third-order valence-electron chi connectivity index (χ3n) is 2.09. The fourth-order valence-electron chi connectivity index (χ4n) is 1.44. The van der Waals surface area contributed by atoms with Gasteiger partial charge in [0.2, 0.25) is 11.8 Å². The highest BCUT2D eigenvalue weighted by molar-refractivity contribution is 5.99. The second kappa shape index (κ2) is 4.97. The molecule has 1 rings (SSSR count). The van der Waals surface area contributed by atoms with E-state index in [1.54, 1.807) is 0 Å². The van der Waals surface area contributed by atoms with Crippen molar-refractivity contribution < 1.29 is 9.59 Å². The zero-order chi connectivity index (χ0) is 9.68. The summed E-state index contributed by atoms with van der Waals surface area (Å²) < 4.78 is 0. The summed E-state index contributed by atoms with van der Waals surface area (Å²) in [5.41, 5.74) is 0. The molecule has 1 aliphatic rings. The highest BCUT2D eigenvalue weighted by atomic mass is 16.2. The molecule has 0 aromatic carbocycles. The highest BCUT2D eigenvalue weighted by Gasteiger charge is 2.21. The molecule has 1 heterocycles. The number of carbonyl (C=O) groups excluding carboxylic acids is 2. The summed E-state index contributed by atoms with van der Waals surface area (Å²) in [6, 6.07) is 0. The van der Waals surface area contributed by atoms with Gasteiger partial charge < -0.3 is 0 Å². The van der Waals surface area contributed by atoms with Crippen molar-refractivity contribution >= 4 is 11.8 Å². The fraction of sp³-hybridized carbons (Fsp3) is 0.778. The maximum absolute atomic E-state index is 10.9. The number of piperazine rings is 1. The fourth-order valence-corrected chi connectivity index (χ4v) is 1.44. The van der Waals surface area contributed by atoms with Gasteiger partial charge in [-0.05, 0) is 13.0 Å². The number of rotatable bonds is 4. The van der Waals surface area contributed by atoms with Crippen LogP contribution in [-0.2, 0) is 9.59 Å². The van der Waals surface area contributed by atoms with Gasteiger partial charge in [0.15, 0.2) is 0 Å². The van der Waals surface area contributed by atoms with Crippen LogP contribution in [0.4, 0.5) is 0 Å². The number of nitrogens with one attached hydrogen (secondary N) is 1. The van der Waals surface area contributed by atoms with Crippen molar-refractivity contribution in [3.63, 3.8) is 0 Å². The first-order valence-electron chi connectivity index (χ1n) is 4.77. The molecule has 4 heteroatoms. The zero-order valence-corrected chi connectivity index (χ0v) is 8.01. The van der Waals surface area contributed by atoms with Gasteiger partial charge in [0.1, 0.15) is 0 Å². The summed E-state index contributed by atoms with van der Waals surface area (Å²) >= 11 is 0. The molecule has 0 aromatic heterocycles. The molecule has 4 nitrogen and oxygen atoms in total. The average molecular weight is 184 g/mol. The minimum atomic E-state index is -0.173. The van der Waals surface area contributed by atoms with Gasteiger partial charge in [-0.2, -0.15) is 0 Å². The molecule has 0 aliphatic carbocycles. The monoisotopic (exact) mass is 184 g/mol. The van der Waals surface area contributed by atoms with Crippen molar-refractivity contribution in [3.8, 4) is 0 Å². The van der Waals surface area contributed by atoms with Crippen LogP contribution in [0.3, 0.4) is 0 Å². The zero-order valence-electron chi connectivity index (χ0n) is 8.01. The first-order valence-corrected chi connectivity index (χ1v) is 4.77. The Bertz CT molecular complexity index is 188. The van der Waals surface area contributed by atoms with E-state index in [4.69, 9.17) is 0 Å². The molecule has 1 saturated heterocycles. The molecule has 0 bridgehead atoms. The summed E-state index contributed by atoms with van der Waals surface area (Å²) in [6.07, 6.45) is 3.39. The summed E-state index contributed by atoms with van der Waals surface area (Å²) in [5.74, 6) is -0.347. The Kier molecular flexibility index (Phi) is 3.89. The molecular formula is C9H16N2O2. The van der Waals surface area contributed by atoms with Crippen LogP contribution in [0.2, 0.25) is 0 Å². The SMILES string of the molecule is CCCCCN1CC(=O)NC(=O)C1. The van der Waals surface area contributed by atoms with Crippen molar-refractivity contribution in [3.05, 3.63) is 0 Å². The number of imide groups is 1. The second-order valence-electron chi connectivity index (χ2n) is 3.39. The van der Waals surface area contributed by atoms with E-state index in [-0.39, 0.29) is 11.8 Å². The van der Waals surface area contributed by atoms with E-state index in [0.29, 0.717) is 13.1 Å². The van der Waals surface area contributed by atoms with E-state index in [2.05, 4.69) is 12.2 Å². The van der Waals surface area contributed by atoms with Crippen LogP contribution >= 0.6 is 0 Å². The molecule has 0 saturated carbocycles. The topological polar surface area (TPSA) is 49.4 Å². The first-order chi connectivity index (χ1) is 6.22. The van der Waals surface area contributed by atoms with Crippen molar-refractivity contribution in [2.75, 3.05) is 19.6 Å². The predicted octanol–water partition coefficient (Wildman–Crippen LogP) is 0.135. The molecule has 74 valence electrons. The van der Waals surface area contributed by atoms with E-state index in [1.807, 2.05) is 4.90 Å². The summed E-state index contributed by atoms with van der Waals surface area (Å²) in [7, 11) is 0. The Labute approximate surface area is 78.3 Å². The predicted molar refractivity (Wildman–Crippen MR) is 49.1 cm³/mol. The molecule has 0 atom stereocenters. The molecular weight excluding hydrogens is 168 g/mol. The standard InChI is InChI=1S/C9H16N2O2/c1-2-3-4-5-11-6-8(12)10-9(13)7-11/h2-7H2,1H3,(H,10,12,13). The number of unbranched alkanes of at least 4 members (excludes halogenated alkanes) is 2. The van der Waals surface area contributed by atoms with Gasteiger partial charge in [-0.1, -0.05) is 19.8 Å².